The molecule has 100 heavy (non-hydrogen) atoms. The van der Waals surface area contributed by atoms with E-state index in [9.17, 15) is 43.2 Å². The van der Waals surface area contributed by atoms with Gasteiger partial charge in [0.1, 0.15) is 19.3 Å². The van der Waals surface area contributed by atoms with Crippen LogP contribution in [0, 0.1) is 0 Å². The summed E-state index contributed by atoms with van der Waals surface area (Å²) in [7, 11) is -10.0. The second kappa shape index (κ2) is 71.8. The maximum atomic E-state index is 13.1. The summed E-state index contributed by atoms with van der Waals surface area (Å²) in [5, 5.41) is 10.6. The van der Waals surface area contributed by atoms with Gasteiger partial charge in [0.05, 0.1) is 32.8 Å². The van der Waals surface area contributed by atoms with Gasteiger partial charge >= 0.3 is 39.5 Å². The van der Waals surface area contributed by atoms with Crippen molar-refractivity contribution in [3.63, 3.8) is 0 Å². The quantitative estimate of drug-likeness (QED) is 0.0169. The Balaban J connectivity index is 5.50. The number of aliphatic hydroxyl groups excluding tert-OH is 1. The summed E-state index contributed by atoms with van der Waals surface area (Å²) in [4.78, 5) is 72.7. The van der Waals surface area contributed by atoms with Crippen LogP contribution in [0.15, 0.2) is 170 Å². The van der Waals surface area contributed by atoms with Gasteiger partial charge < -0.3 is 33.8 Å². The smallest absolute Gasteiger partial charge is 0.462 e. The van der Waals surface area contributed by atoms with Crippen LogP contribution < -0.4 is 0 Å². The molecule has 0 saturated heterocycles. The third-order valence-corrected chi connectivity index (χ3v) is 16.6. The van der Waals surface area contributed by atoms with Gasteiger partial charge in [-0.2, -0.15) is 0 Å². The van der Waals surface area contributed by atoms with Crippen molar-refractivity contribution in [2.45, 2.75) is 277 Å². The van der Waals surface area contributed by atoms with Crippen molar-refractivity contribution in [1.82, 2.24) is 0 Å². The lowest BCUT2D eigenvalue weighted by Gasteiger charge is -2.21. The van der Waals surface area contributed by atoms with E-state index in [0.717, 1.165) is 148 Å². The summed E-state index contributed by atoms with van der Waals surface area (Å²) in [6.07, 6.45) is 83.9. The molecular formula is C81H130O17P2. The molecule has 17 nitrogen and oxygen atoms in total. The molecule has 5 atom stereocenters. The van der Waals surface area contributed by atoms with E-state index in [-0.39, 0.29) is 25.7 Å². The Hall–Kier alpha value is -5.58. The fourth-order valence-electron chi connectivity index (χ4n) is 9.10. The van der Waals surface area contributed by atoms with Crippen molar-refractivity contribution in [3.05, 3.63) is 170 Å². The zero-order valence-electron chi connectivity index (χ0n) is 61.5. The number of hydrogen-bond donors (Lipinski definition) is 3. The average Bonchev–Trinajstić information content (AvgIpc) is 0.965. The SMILES string of the molecule is CC/C=C\C/C=C\C/C=C\C/C=C\C/C=C\CCCC(=O)OCC(COP(=O)(O)OCC(O)COP(=O)(O)OCC(COC(=O)C/C=C\C/C=C\C/C=C\C/C=C\C/C=C\CC)OC(=O)CCCCCCC/C=C\C/C=C\C/C=C\CC)OC(=O)CCCCCCC/C=C\CCCCCC. The minimum Gasteiger partial charge on any atom is -0.462 e. The van der Waals surface area contributed by atoms with Gasteiger partial charge in [-0.15, -0.1) is 0 Å². The van der Waals surface area contributed by atoms with E-state index in [2.05, 4.69) is 161 Å². The molecule has 0 saturated carbocycles. The number of hydrogen-bond acceptors (Lipinski definition) is 15. The van der Waals surface area contributed by atoms with Crippen LogP contribution in [0.2, 0.25) is 0 Å². The second-order valence-corrected chi connectivity index (χ2v) is 27.0. The van der Waals surface area contributed by atoms with Gasteiger partial charge in [-0.1, -0.05) is 256 Å². The monoisotopic (exact) mass is 1440 g/mol. The Kier molecular flexibility index (Phi) is 67.8. The number of ether oxygens (including phenoxy) is 4. The van der Waals surface area contributed by atoms with Crippen LogP contribution in [0.4, 0.5) is 0 Å². The highest BCUT2D eigenvalue weighted by Gasteiger charge is 2.30. The van der Waals surface area contributed by atoms with E-state index < -0.39 is 97.5 Å². The summed E-state index contributed by atoms with van der Waals surface area (Å²) >= 11 is 0. The van der Waals surface area contributed by atoms with Crippen LogP contribution in [0.25, 0.3) is 0 Å². The van der Waals surface area contributed by atoms with Gasteiger partial charge in [-0.25, -0.2) is 9.13 Å². The van der Waals surface area contributed by atoms with Gasteiger partial charge in [0.25, 0.3) is 0 Å². The predicted octanol–water partition coefficient (Wildman–Crippen LogP) is 21.4. The zero-order chi connectivity index (χ0) is 73.2. The molecular weight excluding hydrogens is 1310 g/mol. The number of rotatable bonds is 68. The molecule has 0 fully saturated rings. The average molecular weight is 1440 g/mol. The first-order chi connectivity index (χ1) is 48.7. The molecule has 0 aliphatic rings. The summed E-state index contributed by atoms with van der Waals surface area (Å²) in [6.45, 7) is 4.27. The summed E-state index contributed by atoms with van der Waals surface area (Å²) < 4.78 is 68.2. The molecule has 0 rings (SSSR count). The largest absolute Gasteiger partial charge is 0.472 e. The number of carbonyl (C=O) groups excluding carboxylic acids is 4. The van der Waals surface area contributed by atoms with Crippen LogP contribution in [0.1, 0.15) is 259 Å². The number of esters is 4. The third kappa shape index (κ3) is 70.8. The minimum atomic E-state index is -5.01. The van der Waals surface area contributed by atoms with Crippen molar-refractivity contribution in [3.8, 4) is 0 Å². The summed E-state index contributed by atoms with van der Waals surface area (Å²) in [5.41, 5.74) is 0. The Morgan fingerprint density at radius 2 is 0.570 bits per heavy atom. The standard InChI is InChI=1S/C81H130O17P2/c1-5-9-13-17-21-25-29-33-36-37-40-43-46-50-54-58-62-66-79(84)92-71-76(97-80(85)67-63-59-55-51-47-41-32-28-24-20-16-12-8-4)73-95-99(87,88)93-69-75(82)70-94-100(89,90)96-74-77(98-81(86)68-64-60-56-52-48-44-39-35-31-27-23-19-15-11-7-3)72-91-78(83)65-61-57-53-49-45-42-38-34-30-26-22-18-14-10-6-2/h9-11,13-15,21-23,25-28,32-36,38-40,43,45,49-50,54,57,61,75-77,82H,5-8,12,16-20,24,29-31,37,41-42,44,46-48,51-53,55-56,58-60,62-74H2,1-4H3,(H,87,88)(H,89,90)/b13-9-,14-10-,15-11-,25-21-,26-22-,27-23-,32-28-,36-33-,38-34-,39-35-,43-40-,49-45-,54-50-,61-57-. The Bertz CT molecular complexity index is 2570. The van der Waals surface area contributed by atoms with Gasteiger partial charge in [0.15, 0.2) is 12.2 Å². The highest BCUT2D eigenvalue weighted by atomic mass is 31.2. The predicted molar refractivity (Wildman–Crippen MR) is 408 cm³/mol. The fraction of sp³-hybridized carbons (Fsp3) is 0.605. The first kappa shape index (κ1) is 94.4. The highest BCUT2D eigenvalue weighted by Crippen LogP contribution is 2.45. The number of carbonyl (C=O) groups is 4. The van der Waals surface area contributed by atoms with Gasteiger partial charge in [-0.05, 0) is 148 Å². The molecule has 0 aromatic rings. The van der Waals surface area contributed by atoms with E-state index in [1.165, 1.54) is 25.7 Å². The van der Waals surface area contributed by atoms with Crippen LogP contribution >= 0.6 is 15.6 Å². The topological polar surface area (TPSA) is 237 Å². The van der Waals surface area contributed by atoms with E-state index in [1.54, 1.807) is 6.08 Å². The van der Waals surface area contributed by atoms with Gasteiger partial charge in [0.2, 0.25) is 0 Å². The molecule has 0 heterocycles. The van der Waals surface area contributed by atoms with Gasteiger partial charge in [-0.3, -0.25) is 37.3 Å². The molecule has 566 valence electrons. The number of phosphoric acid groups is 2. The van der Waals surface area contributed by atoms with Gasteiger partial charge in [0, 0.05) is 19.3 Å². The lowest BCUT2D eigenvalue weighted by Crippen LogP contribution is -2.30. The normalized spacial score (nSPS) is 14.9. The first-order valence-electron chi connectivity index (χ1n) is 37.4. The van der Waals surface area contributed by atoms with Crippen molar-refractivity contribution in [2.75, 3.05) is 39.6 Å². The summed E-state index contributed by atoms with van der Waals surface area (Å²) in [6, 6.07) is 0. The Morgan fingerprint density at radius 1 is 0.300 bits per heavy atom. The number of phosphoric ester groups is 2. The third-order valence-electron chi connectivity index (χ3n) is 14.7. The van der Waals surface area contributed by atoms with Crippen LogP contribution in [0.5, 0.6) is 0 Å². The van der Waals surface area contributed by atoms with E-state index in [0.29, 0.717) is 32.1 Å². The van der Waals surface area contributed by atoms with E-state index >= 15 is 0 Å². The van der Waals surface area contributed by atoms with Crippen molar-refractivity contribution in [2.24, 2.45) is 0 Å². The lowest BCUT2D eigenvalue weighted by molar-refractivity contribution is -0.161. The number of aliphatic hydroxyl groups is 1. The molecule has 0 bridgehead atoms. The minimum absolute atomic E-state index is 0.0485. The van der Waals surface area contributed by atoms with Crippen LogP contribution in [0.3, 0.4) is 0 Å². The Morgan fingerprint density at radius 3 is 0.930 bits per heavy atom. The maximum Gasteiger partial charge on any atom is 0.472 e. The van der Waals surface area contributed by atoms with E-state index in [4.69, 9.17) is 37.0 Å². The molecule has 0 spiro atoms. The number of allylic oxidation sites excluding steroid dienone is 27. The molecule has 0 aliphatic heterocycles. The zero-order valence-corrected chi connectivity index (χ0v) is 63.3. The highest BCUT2D eigenvalue weighted by molar-refractivity contribution is 7.47. The van der Waals surface area contributed by atoms with Crippen molar-refractivity contribution in [1.29, 1.82) is 0 Å². The first-order valence-corrected chi connectivity index (χ1v) is 40.4. The van der Waals surface area contributed by atoms with Crippen LogP contribution in [-0.2, 0) is 65.4 Å². The molecule has 19 heteroatoms. The second-order valence-electron chi connectivity index (χ2n) is 24.1. The van der Waals surface area contributed by atoms with E-state index in [1.807, 2.05) is 30.4 Å². The van der Waals surface area contributed by atoms with Crippen molar-refractivity contribution >= 4 is 39.5 Å². The number of unbranched alkanes of at least 4 members (excludes halogenated alkanes) is 15. The molecule has 3 N–H and O–H groups in total. The maximum absolute atomic E-state index is 13.1. The van der Waals surface area contributed by atoms with Crippen molar-refractivity contribution < 1.29 is 80.2 Å². The lowest BCUT2D eigenvalue weighted by atomic mass is 10.1. The molecule has 0 aliphatic carbocycles. The summed E-state index contributed by atoms with van der Waals surface area (Å²) in [5.74, 6) is -2.44. The fourth-order valence-corrected chi connectivity index (χ4v) is 10.7. The molecule has 0 aromatic carbocycles. The molecule has 0 radical (unpaired) electrons. The molecule has 0 amide bonds. The molecule has 0 aromatic heterocycles. The molecule has 5 unspecified atom stereocenters. The Labute approximate surface area is 603 Å². The van der Waals surface area contributed by atoms with Crippen LogP contribution in [-0.4, -0.2) is 96.7 Å².